The van der Waals surface area contributed by atoms with Gasteiger partial charge in [0.25, 0.3) is 0 Å². The van der Waals surface area contributed by atoms with Crippen LogP contribution in [-0.2, 0) is 18.4 Å². The summed E-state index contributed by atoms with van der Waals surface area (Å²) in [5, 5.41) is 3.30. The van der Waals surface area contributed by atoms with Crippen molar-refractivity contribution in [2.75, 3.05) is 27.7 Å². The molecule has 1 heterocycles. The fraction of sp³-hybridized carbons (Fsp3) is 0.600. The molecule has 0 bridgehead atoms. The predicted octanol–water partition coefficient (Wildman–Crippen LogP) is 1.52. The van der Waals surface area contributed by atoms with Gasteiger partial charge >= 0.3 is 0 Å². The molecule has 0 spiro atoms. The number of hydrogen-bond acceptors (Lipinski definition) is 2. The first-order chi connectivity index (χ1) is 9.81. The van der Waals surface area contributed by atoms with Crippen LogP contribution in [0.3, 0.4) is 0 Å². The van der Waals surface area contributed by atoms with Crippen LogP contribution in [0.15, 0.2) is 23.3 Å². The minimum atomic E-state index is -0.00896. The topological polar surface area (TPSA) is 52.9 Å². The van der Waals surface area contributed by atoms with Gasteiger partial charge in [0.1, 0.15) is 6.54 Å². The van der Waals surface area contributed by atoms with E-state index < -0.39 is 0 Å². The molecule has 0 fully saturated rings. The summed E-state index contributed by atoms with van der Waals surface area (Å²) < 4.78 is 2.08. The van der Waals surface area contributed by atoms with Crippen molar-refractivity contribution in [2.45, 2.75) is 26.4 Å². The maximum absolute atomic E-state index is 11.7. The number of rotatable bonds is 5. The van der Waals surface area contributed by atoms with E-state index >= 15 is 0 Å². The SMILES string of the molecule is CC(C)NC(=NCC(=O)N(C)C)N(C)Cc1cccn1C.I. The van der Waals surface area contributed by atoms with Gasteiger partial charge in [0.15, 0.2) is 5.96 Å². The Morgan fingerprint density at radius 1 is 1.36 bits per heavy atom. The van der Waals surface area contributed by atoms with Gasteiger partial charge in [-0.15, -0.1) is 24.0 Å². The fourth-order valence-electron chi connectivity index (χ4n) is 1.80. The number of carbonyl (C=O) groups is 1. The zero-order valence-corrected chi connectivity index (χ0v) is 16.7. The summed E-state index contributed by atoms with van der Waals surface area (Å²) in [5.41, 5.74) is 1.19. The lowest BCUT2D eigenvalue weighted by Crippen LogP contribution is -2.43. The maximum atomic E-state index is 11.7. The second-order valence-corrected chi connectivity index (χ2v) is 5.69. The summed E-state index contributed by atoms with van der Waals surface area (Å²) in [5.74, 6) is 0.728. The third kappa shape index (κ3) is 6.67. The van der Waals surface area contributed by atoms with Gasteiger partial charge in [-0.2, -0.15) is 0 Å². The van der Waals surface area contributed by atoms with Gasteiger partial charge in [0.2, 0.25) is 5.91 Å². The Hall–Kier alpha value is -1.25. The van der Waals surface area contributed by atoms with E-state index in [9.17, 15) is 4.79 Å². The van der Waals surface area contributed by atoms with Crippen LogP contribution in [0.2, 0.25) is 0 Å². The molecule has 1 N–H and O–H groups in total. The molecule has 1 amide bonds. The quantitative estimate of drug-likeness (QED) is 0.446. The first kappa shape index (κ1) is 20.8. The summed E-state index contributed by atoms with van der Waals surface area (Å²) in [6.07, 6.45) is 2.02. The number of nitrogens with one attached hydrogen (secondary N) is 1. The lowest BCUT2D eigenvalue weighted by Gasteiger charge is -2.24. The molecule has 0 aliphatic rings. The van der Waals surface area contributed by atoms with Gasteiger partial charge in [-0.1, -0.05) is 0 Å². The zero-order chi connectivity index (χ0) is 16.0. The van der Waals surface area contributed by atoms with Crippen LogP contribution in [0, 0.1) is 0 Å². The Kier molecular flexibility index (Phi) is 9.15. The van der Waals surface area contributed by atoms with Gasteiger partial charge in [-0.3, -0.25) is 4.79 Å². The largest absolute Gasteiger partial charge is 0.354 e. The van der Waals surface area contributed by atoms with Crippen LogP contribution in [0.5, 0.6) is 0 Å². The minimum absolute atomic E-state index is 0. The third-order valence-corrected chi connectivity index (χ3v) is 3.09. The third-order valence-electron chi connectivity index (χ3n) is 3.09. The predicted molar refractivity (Wildman–Crippen MR) is 102 cm³/mol. The summed E-state index contributed by atoms with van der Waals surface area (Å²) in [4.78, 5) is 19.7. The van der Waals surface area contributed by atoms with Crippen LogP contribution in [0.4, 0.5) is 0 Å². The maximum Gasteiger partial charge on any atom is 0.243 e. The monoisotopic (exact) mass is 421 g/mol. The average molecular weight is 421 g/mol. The van der Waals surface area contributed by atoms with E-state index in [4.69, 9.17) is 0 Å². The van der Waals surface area contributed by atoms with Crippen molar-refractivity contribution in [1.82, 2.24) is 19.7 Å². The van der Waals surface area contributed by atoms with Crippen molar-refractivity contribution in [3.05, 3.63) is 24.0 Å². The van der Waals surface area contributed by atoms with Crippen molar-refractivity contribution in [2.24, 2.45) is 12.0 Å². The molecule has 0 saturated heterocycles. The van der Waals surface area contributed by atoms with Crippen LogP contribution in [0.25, 0.3) is 0 Å². The molecule has 0 atom stereocenters. The number of amides is 1. The second kappa shape index (κ2) is 9.70. The number of aliphatic imine (C=N–C) groups is 1. The van der Waals surface area contributed by atoms with E-state index in [2.05, 4.69) is 34.8 Å². The minimum Gasteiger partial charge on any atom is -0.354 e. The second-order valence-electron chi connectivity index (χ2n) is 5.69. The molecule has 22 heavy (non-hydrogen) atoms. The van der Waals surface area contributed by atoms with Gasteiger partial charge in [0.05, 0.1) is 6.54 Å². The summed E-state index contributed by atoms with van der Waals surface area (Å²) >= 11 is 0. The Morgan fingerprint density at radius 3 is 2.45 bits per heavy atom. The lowest BCUT2D eigenvalue weighted by atomic mass is 10.4. The Bertz CT molecular complexity index is 496. The first-order valence-corrected chi connectivity index (χ1v) is 7.13. The molecule has 1 aromatic rings. The molecule has 0 radical (unpaired) electrons. The lowest BCUT2D eigenvalue weighted by molar-refractivity contribution is -0.127. The average Bonchev–Trinajstić information content (AvgIpc) is 2.79. The highest BCUT2D eigenvalue weighted by atomic mass is 127. The van der Waals surface area contributed by atoms with E-state index in [-0.39, 0.29) is 42.5 Å². The number of nitrogens with zero attached hydrogens (tertiary/aromatic N) is 4. The van der Waals surface area contributed by atoms with E-state index in [0.29, 0.717) is 0 Å². The van der Waals surface area contributed by atoms with Crippen molar-refractivity contribution >= 4 is 35.8 Å². The Balaban J connectivity index is 0.00000441. The van der Waals surface area contributed by atoms with Crippen LogP contribution in [0.1, 0.15) is 19.5 Å². The number of carbonyl (C=O) groups excluding carboxylic acids is 1. The molecule has 1 rings (SSSR count). The zero-order valence-electron chi connectivity index (χ0n) is 14.3. The molecule has 0 unspecified atom stereocenters. The molecule has 0 aliphatic carbocycles. The van der Waals surface area contributed by atoms with E-state index in [1.54, 1.807) is 19.0 Å². The summed E-state index contributed by atoms with van der Waals surface area (Å²) in [6.45, 7) is 5.00. The number of hydrogen-bond donors (Lipinski definition) is 1. The number of guanidine groups is 1. The number of likely N-dealkylation sites (N-methyl/N-ethyl adjacent to an activating group) is 1. The standard InChI is InChI=1S/C15H27N5O.HI/c1-12(2)17-15(16-10-14(21)18(3)4)20(6)11-13-8-7-9-19(13)5;/h7-9,12H,10-11H2,1-6H3,(H,16,17);1H. The fourth-order valence-corrected chi connectivity index (χ4v) is 1.80. The highest BCUT2D eigenvalue weighted by molar-refractivity contribution is 14.0. The van der Waals surface area contributed by atoms with Gasteiger partial charge in [-0.25, -0.2) is 4.99 Å². The van der Waals surface area contributed by atoms with Crippen LogP contribution < -0.4 is 5.32 Å². The molecule has 126 valence electrons. The molecule has 6 nitrogen and oxygen atoms in total. The Labute approximate surface area is 150 Å². The van der Waals surface area contributed by atoms with E-state index in [1.165, 1.54) is 5.69 Å². The van der Waals surface area contributed by atoms with E-state index in [1.807, 2.05) is 31.3 Å². The molecule has 0 aromatic carbocycles. The molecular weight excluding hydrogens is 393 g/mol. The van der Waals surface area contributed by atoms with Crippen LogP contribution >= 0.6 is 24.0 Å². The van der Waals surface area contributed by atoms with E-state index in [0.717, 1.165) is 12.5 Å². The molecule has 7 heteroatoms. The highest BCUT2D eigenvalue weighted by Gasteiger charge is 2.11. The molecule has 1 aromatic heterocycles. The summed E-state index contributed by atoms with van der Waals surface area (Å²) in [6, 6.07) is 4.36. The molecule has 0 saturated carbocycles. The summed E-state index contributed by atoms with van der Waals surface area (Å²) in [7, 11) is 7.47. The normalized spacial score (nSPS) is 11.1. The van der Waals surface area contributed by atoms with Crippen molar-refractivity contribution in [3.8, 4) is 0 Å². The van der Waals surface area contributed by atoms with Gasteiger partial charge in [0, 0.05) is 46.1 Å². The van der Waals surface area contributed by atoms with Crippen LogP contribution in [-0.4, -0.2) is 60.0 Å². The Morgan fingerprint density at radius 2 is 2.00 bits per heavy atom. The van der Waals surface area contributed by atoms with Gasteiger partial charge < -0.3 is 19.7 Å². The molecule has 0 aliphatic heterocycles. The highest BCUT2D eigenvalue weighted by Crippen LogP contribution is 2.04. The molecular formula is C15H28IN5O. The van der Waals surface area contributed by atoms with Crippen molar-refractivity contribution in [3.63, 3.8) is 0 Å². The number of halogens is 1. The van der Waals surface area contributed by atoms with Crippen molar-refractivity contribution in [1.29, 1.82) is 0 Å². The smallest absolute Gasteiger partial charge is 0.243 e. The first-order valence-electron chi connectivity index (χ1n) is 7.13. The van der Waals surface area contributed by atoms with Gasteiger partial charge in [-0.05, 0) is 26.0 Å². The number of aromatic nitrogens is 1. The van der Waals surface area contributed by atoms with Crippen molar-refractivity contribution < 1.29 is 4.79 Å². The number of aryl methyl sites for hydroxylation is 1.